The Morgan fingerprint density at radius 3 is 2.72 bits per heavy atom. The van der Waals surface area contributed by atoms with Crippen LogP contribution in [0.4, 0.5) is 16.2 Å². The number of aromatic amines is 1. The van der Waals surface area contributed by atoms with Gasteiger partial charge in [0.2, 0.25) is 5.95 Å². The molecule has 6 rings (SSSR count). The van der Waals surface area contributed by atoms with Crippen LogP contribution in [-0.4, -0.2) is 97.0 Å². The van der Waals surface area contributed by atoms with E-state index >= 15 is 4.39 Å². The number of fused-ring (bicyclic) bond motifs is 2. The van der Waals surface area contributed by atoms with Gasteiger partial charge in [0.05, 0.1) is 19.0 Å². The summed E-state index contributed by atoms with van der Waals surface area (Å²) in [7, 11) is -5.05. The number of imidazole rings is 1. The summed E-state index contributed by atoms with van der Waals surface area (Å²) in [6.45, 7) is 1.26. The first-order valence-corrected chi connectivity index (χ1v) is 14.5. The molecule has 0 spiro atoms. The minimum absolute atomic E-state index is 0.104. The van der Waals surface area contributed by atoms with Crippen LogP contribution in [0.2, 0.25) is 0 Å². The maximum Gasteiger partial charge on any atom is 0.472 e. The Labute approximate surface area is 239 Å². The van der Waals surface area contributed by atoms with Crippen LogP contribution < -0.4 is 17.0 Å². The van der Waals surface area contributed by atoms with E-state index in [1.165, 1.54) is 17.2 Å². The topological polar surface area (TPSA) is 287 Å². The normalized spacial score (nSPS) is 30.8. The summed E-state index contributed by atoms with van der Waals surface area (Å²) in [4.78, 5) is 41.0. The Morgan fingerprint density at radius 1 is 1.16 bits per heavy atom. The van der Waals surface area contributed by atoms with Gasteiger partial charge in [-0.05, 0) is 6.42 Å². The summed E-state index contributed by atoms with van der Waals surface area (Å²) in [6.07, 6.45) is -7.45. The number of rotatable bonds is 9. The largest absolute Gasteiger partial charge is 0.472 e. The van der Waals surface area contributed by atoms with Crippen molar-refractivity contribution in [3.63, 3.8) is 0 Å². The quantitative estimate of drug-likeness (QED) is 0.120. The van der Waals surface area contributed by atoms with E-state index in [9.17, 15) is 24.5 Å². The van der Waals surface area contributed by atoms with E-state index in [4.69, 9.17) is 30.0 Å². The van der Waals surface area contributed by atoms with Crippen LogP contribution in [0.5, 0.6) is 0 Å². The van der Waals surface area contributed by atoms with Crippen molar-refractivity contribution in [1.29, 1.82) is 0 Å². The predicted octanol–water partition coefficient (Wildman–Crippen LogP) is -1.12. The highest BCUT2D eigenvalue weighted by Crippen LogP contribution is 2.50. The molecule has 9 unspecified atom stereocenters. The zero-order chi connectivity index (χ0) is 30.6. The molecule has 2 fully saturated rings. The number of hydrogen-bond acceptors (Lipinski definition) is 16. The van der Waals surface area contributed by atoms with E-state index < -0.39 is 69.1 Å². The number of nitrogens with one attached hydrogen (secondary N) is 1. The molecule has 2 saturated heterocycles. The SMILES string of the molecule is CCCC1C(COP(=O)(O)OC2C(O)C(O)OC2n2nnc3c(=O)[nH]c(N)nc32)OC(n2cnc3c(N)ncnc32)C1F. The molecule has 2 aliphatic heterocycles. The number of halogens is 1. The predicted molar refractivity (Wildman–Crippen MR) is 140 cm³/mol. The number of nitrogens with zero attached hydrogens (tertiary/aromatic N) is 8. The number of phosphoric ester groups is 1. The summed E-state index contributed by atoms with van der Waals surface area (Å²) < 4.78 is 52.6. The number of alkyl halides is 1. The third-order valence-electron chi connectivity index (χ3n) is 7.20. The highest BCUT2D eigenvalue weighted by Gasteiger charge is 2.51. The van der Waals surface area contributed by atoms with Crippen molar-refractivity contribution in [1.82, 2.24) is 44.5 Å². The number of aliphatic hydroxyl groups is 2. The van der Waals surface area contributed by atoms with E-state index in [0.29, 0.717) is 12.8 Å². The fourth-order valence-electron chi connectivity index (χ4n) is 5.21. The number of ether oxygens (including phenoxy) is 2. The number of nitrogens with two attached hydrogens (primary N) is 2. The summed E-state index contributed by atoms with van der Waals surface area (Å²) in [5.74, 6) is -0.944. The third kappa shape index (κ3) is 5.23. The van der Waals surface area contributed by atoms with Gasteiger partial charge in [-0.3, -0.25) is 23.4 Å². The number of anilines is 2. The molecule has 9 atom stereocenters. The standard InChI is InChI=1S/C21H27FN11O9P/c1-2-3-7-8(40-18(9(7)22)32-6-27-10-14(23)25-5-26-15(10)32)4-39-43(37,38)42-13-12(34)20(36)41-19(13)33-16-11(30-31-33)17(35)29-21(24)28-16/h5-9,12-13,18-20,34,36H,2-4H2,1H3,(H,37,38)(H2,23,25,26)(H3,24,28,29,35). The Hall–Kier alpha value is -3.69. The van der Waals surface area contributed by atoms with Crippen molar-refractivity contribution in [2.24, 2.45) is 5.92 Å². The number of aliphatic hydroxyl groups excluding tert-OH is 2. The number of aromatic nitrogens is 9. The van der Waals surface area contributed by atoms with E-state index in [1.807, 2.05) is 6.92 Å². The van der Waals surface area contributed by atoms with Crippen LogP contribution in [-0.2, 0) is 23.1 Å². The molecule has 0 aliphatic carbocycles. The molecule has 0 amide bonds. The number of hydrogen-bond donors (Lipinski definition) is 6. The highest BCUT2D eigenvalue weighted by molar-refractivity contribution is 7.47. The average molecular weight is 627 g/mol. The van der Waals surface area contributed by atoms with Crippen molar-refractivity contribution in [2.75, 3.05) is 18.1 Å². The molecule has 0 radical (unpaired) electrons. The second-order valence-electron chi connectivity index (χ2n) is 9.94. The first kappa shape index (κ1) is 29.4. The summed E-state index contributed by atoms with van der Waals surface area (Å²) in [5.41, 5.74) is 10.7. The van der Waals surface area contributed by atoms with Gasteiger partial charge >= 0.3 is 7.82 Å². The monoisotopic (exact) mass is 627 g/mol. The lowest BCUT2D eigenvalue weighted by atomic mass is 9.94. The number of phosphoric acid groups is 1. The Morgan fingerprint density at radius 2 is 1.95 bits per heavy atom. The molecular formula is C21H27FN11O9P. The Balaban J connectivity index is 1.20. The van der Waals surface area contributed by atoms with Crippen molar-refractivity contribution < 1.29 is 42.6 Å². The molecule has 2 aliphatic rings. The highest BCUT2D eigenvalue weighted by atomic mass is 31.2. The maximum absolute atomic E-state index is 15.7. The zero-order valence-corrected chi connectivity index (χ0v) is 23.1. The minimum Gasteiger partial charge on any atom is -0.385 e. The van der Waals surface area contributed by atoms with Gasteiger partial charge in [-0.1, -0.05) is 18.6 Å². The van der Waals surface area contributed by atoms with Crippen molar-refractivity contribution in [3.05, 3.63) is 23.0 Å². The second-order valence-corrected chi connectivity index (χ2v) is 11.4. The lowest BCUT2D eigenvalue weighted by Crippen LogP contribution is -2.34. The average Bonchev–Trinajstić information content (AvgIpc) is 3.70. The molecule has 4 aromatic rings. The van der Waals surface area contributed by atoms with Gasteiger partial charge in [-0.15, -0.1) is 5.10 Å². The van der Waals surface area contributed by atoms with Crippen LogP contribution in [0.15, 0.2) is 17.4 Å². The summed E-state index contributed by atoms with van der Waals surface area (Å²) in [5, 5.41) is 28.0. The van der Waals surface area contributed by atoms with Crippen LogP contribution in [0.25, 0.3) is 22.3 Å². The van der Waals surface area contributed by atoms with Gasteiger partial charge in [0.15, 0.2) is 47.5 Å². The number of H-pyrrole nitrogens is 1. The van der Waals surface area contributed by atoms with Crippen LogP contribution in [0, 0.1) is 5.92 Å². The van der Waals surface area contributed by atoms with Gasteiger partial charge in [0, 0.05) is 5.92 Å². The molecule has 43 heavy (non-hydrogen) atoms. The molecule has 0 saturated carbocycles. The van der Waals surface area contributed by atoms with Crippen LogP contribution in [0.3, 0.4) is 0 Å². The molecule has 6 heterocycles. The molecule has 8 N–H and O–H groups in total. The molecule has 22 heteroatoms. The second kappa shape index (κ2) is 11.1. The van der Waals surface area contributed by atoms with Crippen LogP contribution in [0.1, 0.15) is 32.2 Å². The lowest BCUT2D eigenvalue weighted by molar-refractivity contribution is -0.143. The third-order valence-corrected chi connectivity index (χ3v) is 8.18. The molecule has 0 aromatic carbocycles. The van der Waals surface area contributed by atoms with Gasteiger partial charge < -0.3 is 36.0 Å². The Bertz CT molecular complexity index is 1750. The molecular weight excluding hydrogens is 600 g/mol. The van der Waals surface area contributed by atoms with Gasteiger partial charge in [-0.25, -0.2) is 23.9 Å². The van der Waals surface area contributed by atoms with Crippen molar-refractivity contribution in [2.45, 2.75) is 63.0 Å². The van der Waals surface area contributed by atoms with Crippen LogP contribution >= 0.6 is 7.82 Å². The van der Waals surface area contributed by atoms with E-state index in [0.717, 1.165) is 4.68 Å². The summed E-state index contributed by atoms with van der Waals surface area (Å²) >= 11 is 0. The first-order chi connectivity index (χ1) is 20.5. The first-order valence-electron chi connectivity index (χ1n) is 13.0. The zero-order valence-electron chi connectivity index (χ0n) is 22.2. The Kier molecular flexibility index (Phi) is 7.59. The van der Waals surface area contributed by atoms with E-state index in [-0.39, 0.29) is 34.1 Å². The minimum atomic E-state index is -5.05. The van der Waals surface area contributed by atoms with E-state index in [2.05, 4.69) is 35.2 Å². The van der Waals surface area contributed by atoms with Gasteiger partial charge in [-0.2, -0.15) is 9.67 Å². The fourth-order valence-corrected chi connectivity index (χ4v) is 6.14. The molecule has 0 bridgehead atoms. The summed E-state index contributed by atoms with van der Waals surface area (Å²) in [6, 6.07) is 0. The van der Waals surface area contributed by atoms with Crippen molar-refractivity contribution in [3.8, 4) is 0 Å². The fraction of sp³-hybridized carbons (Fsp3) is 0.571. The van der Waals surface area contributed by atoms with Gasteiger partial charge in [0.1, 0.15) is 24.1 Å². The molecule has 20 nitrogen and oxygen atoms in total. The smallest absolute Gasteiger partial charge is 0.385 e. The number of nitrogen functional groups attached to an aromatic ring is 2. The van der Waals surface area contributed by atoms with Gasteiger partial charge in [0.25, 0.3) is 5.56 Å². The molecule has 4 aromatic heterocycles. The maximum atomic E-state index is 15.7. The van der Waals surface area contributed by atoms with E-state index in [1.54, 1.807) is 0 Å². The molecule has 232 valence electrons. The van der Waals surface area contributed by atoms with Crippen molar-refractivity contribution >= 4 is 41.9 Å². The lowest BCUT2D eigenvalue weighted by Gasteiger charge is -2.24.